The van der Waals surface area contributed by atoms with Gasteiger partial charge in [0.15, 0.2) is 0 Å². The molecule has 1 aliphatic heterocycles. The van der Waals surface area contributed by atoms with Crippen molar-refractivity contribution >= 4 is 34.5 Å². The molecule has 1 aliphatic rings. The highest BCUT2D eigenvalue weighted by atomic mass is 32.1. The highest BCUT2D eigenvalue weighted by Crippen LogP contribution is 2.39. The van der Waals surface area contributed by atoms with E-state index in [2.05, 4.69) is 38.4 Å². The van der Waals surface area contributed by atoms with E-state index in [0.717, 1.165) is 13.0 Å². The van der Waals surface area contributed by atoms with Gasteiger partial charge in [0.2, 0.25) is 11.8 Å². The minimum Gasteiger partial charge on any atom is -0.355 e. The lowest BCUT2D eigenvalue weighted by atomic mass is 9.98. The zero-order valence-electron chi connectivity index (χ0n) is 13.6. The number of likely N-dealkylation sites (N-methyl/N-ethyl adjacent to an activating group) is 1. The summed E-state index contributed by atoms with van der Waals surface area (Å²) in [5.74, 6) is -0.263. The van der Waals surface area contributed by atoms with Crippen molar-refractivity contribution in [1.29, 1.82) is 0 Å². The van der Waals surface area contributed by atoms with Gasteiger partial charge in [-0.1, -0.05) is 6.07 Å². The first kappa shape index (κ1) is 17.1. The summed E-state index contributed by atoms with van der Waals surface area (Å²) in [5.41, 5.74) is 1.31. The predicted molar refractivity (Wildman–Crippen MR) is 97.5 cm³/mol. The Morgan fingerprint density at radius 1 is 1.21 bits per heavy atom. The number of nitrogens with one attached hydrogen (secondary N) is 2. The molecule has 0 saturated heterocycles. The fourth-order valence-corrected chi connectivity index (χ4v) is 4.78. The van der Waals surface area contributed by atoms with E-state index in [4.69, 9.17) is 0 Å². The number of hydrogen-bond acceptors (Lipinski definition) is 5. The Labute approximate surface area is 149 Å². The lowest BCUT2D eigenvalue weighted by molar-refractivity contribution is -0.127. The Balaban J connectivity index is 1.68. The Morgan fingerprint density at radius 3 is 2.83 bits per heavy atom. The number of nitrogens with zero attached hydrogens (tertiary/aromatic N) is 1. The van der Waals surface area contributed by atoms with E-state index in [0.29, 0.717) is 13.1 Å². The maximum Gasteiger partial charge on any atom is 0.239 e. The van der Waals surface area contributed by atoms with Crippen molar-refractivity contribution < 1.29 is 9.59 Å². The first-order valence-corrected chi connectivity index (χ1v) is 9.82. The second-order valence-electron chi connectivity index (χ2n) is 5.67. The van der Waals surface area contributed by atoms with Crippen LogP contribution in [0.5, 0.6) is 0 Å². The Bertz CT molecular complexity index is 697. The molecule has 0 spiro atoms. The largest absolute Gasteiger partial charge is 0.355 e. The summed E-state index contributed by atoms with van der Waals surface area (Å²) in [4.78, 5) is 28.6. The standard InChI is InChI=1S/C17H21N3O2S2/c1-2-18-15(21)10-19-16(22)11-20-7-5-13-12(6-9-24-13)17(20)14-4-3-8-23-14/h3-4,6,8-9,17H,2,5,7,10-11H2,1H3,(H,18,21)(H,19,22)/t17-/m0/s1. The van der Waals surface area contributed by atoms with Crippen molar-refractivity contribution in [3.05, 3.63) is 44.3 Å². The van der Waals surface area contributed by atoms with Crippen molar-refractivity contribution in [1.82, 2.24) is 15.5 Å². The van der Waals surface area contributed by atoms with Crippen LogP contribution in [0.1, 0.15) is 28.3 Å². The third-order valence-corrected chi connectivity index (χ3v) is 5.97. The van der Waals surface area contributed by atoms with Gasteiger partial charge < -0.3 is 10.6 Å². The average molecular weight is 364 g/mol. The van der Waals surface area contributed by atoms with E-state index in [9.17, 15) is 9.59 Å². The Morgan fingerprint density at radius 2 is 2.08 bits per heavy atom. The number of carbonyl (C=O) groups excluding carboxylic acids is 2. The third-order valence-electron chi connectivity index (χ3n) is 4.05. The third kappa shape index (κ3) is 3.85. The molecule has 3 heterocycles. The normalized spacial score (nSPS) is 17.3. The minimum atomic E-state index is -0.153. The molecular formula is C17H21N3O2S2. The molecule has 1 atom stereocenters. The topological polar surface area (TPSA) is 61.4 Å². The molecule has 0 fully saturated rings. The summed E-state index contributed by atoms with van der Waals surface area (Å²) in [6.07, 6.45) is 0.971. The van der Waals surface area contributed by atoms with Gasteiger partial charge in [0.05, 0.1) is 19.1 Å². The molecule has 0 aliphatic carbocycles. The SMILES string of the molecule is CCNC(=O)CNC(=O)CN1CCc2sccc2[C@H]1c1cccs1. The molecule has 2 aromatic heterocycles. The Hall–Kier alpha value is -1.70. The summed E-state index contributed by atoms with van der Waals surface area (Å²) in [5, 5.41) is 9.59. The second kappa shape index (κ2) is 7.92. The van der Waals surface area contributed by atoms with Crippen molar-refractivity contribution in [3.8, 4) is 0 Å². The van der Waals surface area contributed by atoms with Gasteiger partial charge in [0, 0.05) is 22.8 Å². The van der Waals surface area contributed by atoms with E-state index >= 15 is 0 Å². The Kier molecular flexibility index (Phi) is 5.65. The summed E-state index contributed by atoms with van der Waals surface area (Å²) in [6, 6.07) is 6.48. The fourth-order valence-electron chi connectivity index (χ4n) is 3.00. The lowest BCUT2D eigenvalue weighted by Crippen LogP contribution is -2.45. The molecule has 0 aromatic carbocycles. The van der Waals surface area contributed by atoms with E-state index < -0.39 is 0 Å². The van der Waals surface area contributed by atoms with Gasteiger partial charge >= 0.3 is 0 Å². The fraction of sp³-hybridized carbons (Fsp3) is 0.412. The summed E-state index contributed by atoms with van der Waals surface area (Å²) in [7, 11) is 0. The van der Waals surface area contributed by atoms with Gasteiger partial charge in [-0.2, -0.15) is 0 Å². The van der Waals surface area contributed by atoms with Gasteiger partial charge in [-0.25, -0.2) is 0 Å². The van der Waals surface area contributed by atoms with Gasteiger partial charge in [0.25, 0.3) is 0 Å². The van der Waals surface area contributed by atoms with E-state index in [1.54, 1.807) is 22.7 Å². The highest BCUT2D eigenvalue weighted by molar-refractivity contribution is 7.10. The zero-order chi connectivity index (χ0) is 16.9. The number of fused-ring (bicyclic) bond motifs is 1. The van der Waals surface area contributed by atoms with Crippen LogP contribution in [0.2, 0.25) is 0 Å². The number of rotatable bonds is 6. The van der Waals surface area contributed by atoms with Crippen molar-refractivity contribution in [2.75, 3.05) is 26.2 Å². The van der Waals surface area contributed by atoms with Crippen molar-refractivity contribution in [2.24, 2.45) is 0 Å². The van der Waals surface area contributed by atoms with Crippen LogP contribution >= 0.6 is 22.7 Å². The predicted octanol–water partition coefficient (Wildman–Crippen LogP) is 2.01. The number of thiophene rings is 2. The van der Waals surface area contributed by atoms with Crippen LogP contribution in [0.4, 0.5) is 0 Å². The van der Waals surface area contributed by atoms with E-state index in [1.165, 1.54) is 15.3 Å². The molecule has 2 amide bonds. The van der Waals surface area contributed by atoms with Crippen LogP contribution in [-0.2, 0) is 16.0 Å². The van der Waals surface area contributed by atoms with Crippen LogP contribution in [0, 0.1) is 0 Å². The highest BCUT2D eigenvalue weighted by Gasteiger charge is 2.31. The van der Waals surface area contributed by atoms with Crippen molar-refractivity contribution in [3.63, 3.8) is 0 Å². The van der Waals surface area contributed by atoms with Gasteiger partial charge in [0.1, 0.15) is 0 Å². The molecular weight excluding hydrogens is 342 g/mol. The number of carbonyl (C=O) groups is 2. The molecule has 24 heavy (non-hydrogen) atoms. The lowest BCUT2D eigenvalue weighted by Gasteiger charge is -2.34. The van der Waals surface area contributed by atoms with Crippen LogP contribution in [-0.4, -0.2) is 42.9 Å². The molecule has 0 bridgehead atoms. The van der Waals surface area contributed by atoms with Crippen LogP contribution in [0.25, 0.3) is 0 Å². The minimum absolute atomic E-state index is 0.0356. The monoisotopic (exact) mass is 363 g/mol. The van der Waals surface area contributed by atoms with Crippen LogP contribution < -0.4 is 10.6 Å². The molecule has 0 saturated carbocycles. The van der Waals surface area contributed by atoms with Gasteiger partial charge in [-0.05, 0) is 41.8 Å². The van der Waals surface area contributed by atoms with Crippen molar-refractivity contribution in [2.45, 2.75) is 19.4 Å². The second-order valence-corrected chi connectivity index (χ2v) is 7.65. The molecule has 7 heteroatoms. The smallest absolute Gasteiger partial charge is 0.239 e. The van der Waals surface area contributed by atoms with E-state index in [-0.39, 0.29) is 24.4 Å². The first-order chi connectivity index (χ1) is 11.7. The molecule has 0 unspecified atom stereocenters. The first-order valence-electron chi connectivity index (χ1n) is 8.06. The summed E-state index contributed by atoms with van der Waals surface area (Å²) < 4.78 is 0. The number of amides is 2. The molecule has 5 nitrogen and oxygen atoms in total. The number of hydrogen-bond donors (Lipinski definition) is 2. The molecule has 2 aromatic rings. The van der Waals surface area contributed by atoms with Gasteiger partial charge in [-0.15, -0.1) is 22.7 Å². The summed E-state index contributed by atoms with van der Waals surface area (Å²) >= 11 is 3.51. The van der Waals surface area contributed by atoms with Crippen LogP contribution in [0.3, 0.4) is 0 Å². The maximum absolute atomic E-state index is 12.3. The maximum atomic E-state index is 12.3. The van der Waals surface area contributed by atoms with Crippen LogP contribution in [0.15, 0.2) is 29.0 Å². The molecule has 2 N–H and O–H groups in total. The quantitative estimate of drug-likeness (QED) is 0.825. The van der Waals surface area contributed by atoms with E-state index in [1.807, 2.05) is 13.0 Å². The van der Waals surface area contributed by atoms with Gasteiger partial charge in [-0.3, -0.25) is 14.5 Å². The zero-order valence-corrected chi connectivity index (χ0v) is 15.2. The summed E-state index contributed by atoms with van der Waals surface area (Å²) in [6.45, 7) is 3.62. The molecule has 3 rings (SSSR count). The molecule has 128 valence electrons. The molecule has 0 radical (unpaired) electrons. The average Bonchev–Trinajstić information content (AvgIpc) is 3.24.